The van der Waals surface area contributed by atoms with E-state index in [4.69, 9.17) is 0 Å². The van der Waals surface area contributed by atoms with Gasteiger partial charge >= 0.3 is 0 Å². The molecule has 0 aliphatic rings. The molecule has 0 spiro atoms. The Bertz CT molecular complexity index is 218. The van der Waals surface area contributed by atoms with Gasteiger partial charge in [0, 0.05) is 6.04 Å². The highest BCUT2D eigenvalue weighted by Crippen LogP contribution is 1.98. The van der Waals surface area contributed by atoms with Gasteiger partial charge in [-0.25, -0.2) is 0 Å². The zero-order valence-electron chi connectivity index (χ0n) is 6.00. The van der Waals surface area contributed by atoms with E-state index in [0.29, 0.717) is 0 Å². The molecule has 1 nitrogen and oxygen atoms in total. The van der Waals surface area contributed by atoms with Gasteiger partial charge in [-0.3, -0.25) is 0 Å². The van der Waals surface area contributed by atoms with Gasteiger partial charge in [-0.15, -0.1) is 0 Å². The smallest absolute Gasteiger partial charge is 0.277 e. The molecular weight excluding hydrogens is 140 g/mol. The van der Waals surface area contributed by atoms with Crippen molar-refractivity contribution in [3.8, 4) is 0 Å². The molecule has 0 aliphatic heterocycles. The van der Waals surface area contributed by atoms with Crippen molar-refractivity contribution in [3.05, 3.63) is 35.9 Å². The molecule has 0 radical (unpaired) electrons. The van der Waals surface area contributed by atoms with Gasteiger partial charge in [0.15, 0.2) is 0 Å². The molecule has 0 atom stereocenters. The molecule has 0 aromatic heterocycles. The fraction of sp³-hybridized carbons (Fsp3) is 0.250. The largest absolute Gasteiger partial charge is 0.388 e. The first-order chi connectivity index (χ1) is 4.79. The van der Waals surface area contributed by atoms with E-state index in [9.17, 15) is 4.46 Å². The average molecular weight is 150 g/mol. The van der Waals surface area contributed by atoms with Crippen LogP contribution in [0.4, 0.5) is 0 Å². The molecule has 0 aliphatic carbocycles. The summed E-state index contributed by atoms with van der Waals surface area (Å²) in [6, 6.07) is 10.7. The van der Waals surface area contributed by atoms with E-state index in [-0.39, 0.29) is 0 Å². The maximum Gasteiger partial charge on any atom is 0.277 e. The van der Waals surface area contributed by atoms with Crippen LogP contribution in [0.3, 0.4) is 0 Å². The first-order valence-corrected chi connectivity index (χ1v) is 5.44. The van der Waals surface area contributed by atoms with Crippen LogP contribution in [0.1, 0.15) is 5.56 Å². The maximum atomic E-state index is 10.8. The molecule has 0 fully saturated rings. The Hall–Kier alpha value is -0.763. The predicted octanol–water partition coefficient (Wildman–Crippen LogP) is 1.82. The standard InChI is InChI=1S/C8H10OSi/c1-10(9)7-8-5-3-2-4-6-8/h2-6H,7H2,1H3. The van der Waals surface area contributed by atoms with E-state index in [0.717, 1.165) is 6.04 Å². The van der Waals surface area contributed by atoms with Gasteiger partial charge in [0.2, 0.25) is 0 Å². The summed E-state index contributed by atoms with van der Waals surface area (Å²) in [5.41, 5.74) is 1.17. The molecule has 1 aromatic rings. The van der Waals surface area contributed by atoms with Crippen molar-refractivity contribution in [1.82, 2.24) is 0 Å². The number of benzene rings is 1. The van der Waals surface area contributed by atoms with Gasteiger partial charge in [-0.1, -0.05) is 30.3 Å². The molecule has 2 heteroatoms. The third kappa shape index (κ3) is 2.23. The zero-order chi connectivity index (χ0) is 7.40. The Morgan fingerprint density at radius 1 is 1.30 bits per heavy atom. The molecule has 0 amide bonds. The van der Waals surface area contributed by atoms with Crippen molar-refractivity contribution in [2.45, 2.75) is 12.6 Å². The second-order valence-electron chi connectivity index (χ2n) is 2.36. The second-order valence-corrected chi connectivity index (χ2v) is 4.12. The van der Waals surface area contributed by atoms with Crippen molar-refractivity contribution < 1.29 is 4.46 Å². The molecule has 10 heavy (non-hydrogen) atoms. The third-order valence-electron chi connectivity index (χ3n) is 1.30. The fourth-order valence-electron chi connectivity index (χ4n) is 0.883. The van der Waals surface area contributed by atoms with Crippen LogP contribution in [0, 0.1) is 0 Å². The van der Waals surface area contributed by atoms with Crippen molar-refractivity contribution in [3.63, 3.8) is 0 Å². The lowest BCUT2D eigenvalue weighted by atomic mass is 10.2. The van der Waals surface area contributed by atoms with Crippen molar-refractivity contribution in [2.24, 2.45) is 0 Å². The maximum absolute atomic E-state index is 10.8. The molecular formula is C8H10OSi. The molecule has 0 unspecified atom stereocenters. The molecule has 1 rings (SSSR count). The quantitative estimate of drug-likeness (QED) is 0.588. The first-order valence-electron chi connectivity index (χ1n) is 3.32. The Morgan fingerprint density at radius 3 is 2.40 bits per heavy atom. The summed E-state index contributed by atoms with van der Waals surface area (Å²) in [6.07, 6.45) is 0. The second kappa shape index (κ2) is 3.42. The molecule has 0 bridgehead atoms. The van der Waals surface area contributed by atoms with E-state index >= 15 is 0 Å². The van der Waals surface area contributed by atoms with Gasteiger partial charge in [0.1, 0.15) is 0 Å². The summed E-state index contributed by atoms with van der Waals surface area (Å²) in [4.78, 5) is 0. The van der Waals surface area contributed by atoms with Crippen LogP contribution >= 0.6 is 0 Å². The lowest BCUT2D eigenvalue weighted by molar-refractivity contribution is 0.564. The van der Waals surface area contributed by atoms with Gasteiger partial charge in [-0.05, 0) is 12.1 Å². The lowest BCUT2D eigenvalue weighted by Gasteiger charge is -1.92. The van der Waals surface area contributed by atoms with E-state index in [1.807, 2.05) is 30.3 Å². The number of hydrogen-bond donors (Lipinski definition) is 0. The Balaban J connectivity index is 2.67. The van der Waals surface area contributed by atoms with Crippen molar-refractivity contribution in [2.75, 3.05) is 0 Å². The minimum atomic E-state index is -1.34. The molecule has 0 saturated carbocycles. The topological polar surface area (TPSA) is 17.1 Å². The summed E-state index contributed by atoms with van der Waals surface area (Å²) in [5.74, 6) is 0. The number of hydrogen-bond acceptors (Lipinski definition) is 1. The Kier molecular flexibility index (Phi) is 2.51. The highest BCUT2D eigenvalue weighted by Gasteiger charge is 1.96. The summed E-state index contributed by atoms with van der Waals surface area (Å²) in [5, 5.41) is 0. The van der Waals surface area contributed by atoms with E-state index in [1.54, 1.807) is 6.55 Å². The summed E-state index contributed by atoms with van der Waals surface area (Å²) in [7, 11) is -1.34. The molecule has 0 N–H and O–H groups in total. The molecule has 0 heterocycles. The Labute approximate surface area is 62.4 Å². The van der Waals surface area contributed by atoms with Gasteiger partial charge in [0.05, 0.1) is 0 Å². The van der Waals surface area contributed by atoms with Crippen molar-refractivity contribution >= 4 is 8.68 Å². The Morgan fingerprint density at radius 2 is 1.90 bits per heavy atom. The third-order valence-corrected chi connectivity index (χ3v) is 2.20. The molecule has 0 saturated heterocycles. The highest BCUT2D eigenvalue weighted by molar-refractivity contribution is 6.40. The summed E-state index contributed by atoms with van der Waals surface area (Å²) in [6.45, 7) is 1.79. The lowest BCUT2D eigenvalue weighted by Crippen LogP contribution is -1.97. The molecule has 1 aromatic carbocycles. The van der Waals surface area contributed by atoms with Crippen LogP contribution in [0.25, 0.3) is 0 Å². The highest BCUT2D eigenvalue weighted by atomic mass is 28.3. The van der Waals surface area contributed by atoms with Crippen LogP contribution < -0.4 is 0 Å². The SMILES string of the molecule is C[Si](=O)Cc1ccccc1. The summed E-state index contributed by atoms with van der Waals surface area (Å²) < 4.78 is 10.8. The van der Waals surface area contributed by atoms with Crippen LogP contribution in [-0.4, -0.2) is 8.68 Å². The minimum Gasteiger partial charge on any atom is -0.388 e. The predicted molar refractivity (Wildman–Crippen MR) is 42.5 cm³/mol. The number of rotatable bonds is 2. The average Bonchev–Trinajstić information content (AvgIpc) is 1.88. The molecule has 52 valence electrons. The van der Waals surface area contributed by atoms with Gasteiger partial charge in [-0.2, -0.15) is 0 Å². The van der Waals surface area contributed by atoms with Gasteiger partial charge in [0.25, 0.3) is 8.68 Å². The zero-order valence-corrected chi connectivity index (χ0v) is 7.00. The fourth-order valence-corrected chi connectivity index (χ4v) is 1.69. The van der Waals surface area contributed by atoms with Crippen LogP contribution in [0.5, 0.6) is 0 Å². The first kappa shape index (κ1) is 7.35. The van der Waals surface area contributed by atoms with E-state index in [2.05, 4.69) is 0 Å². The van der Waals surface area contributed by atoms with Crippen molar-refractivity contribution in [1.29, 1.82) is 0 Å². The monoisotopic (exact) mass is 150 g/mol. The van der Waals surface area contributed by atoms with E-state index < -0.39 is 8.68 Å². The van der Waals surface area contributed by atoms with Crippen LogP contribution in [0.2, 0.25) is 6.55 Å². The summed E-state index contributed by atoms with van der Waals surface area (Å²) >= 11 is 0. The van der Waals surface area contributed by atoms with E-state index in [1.165, 1.54) is 5.56 Å². The van der Waals surface area contributed by atoms with Crippen LogP contribution in [-0.2, 0) is 10.5 Å². The van der Waals surface area contributed by atoms with Gasteiger partial charge < -0.3 is 4.46 Å². The normalized spacial score (nSPS) is 9.30. The minimum absolute atomic E-state index is 0.742. The van der Waals surface area contributed by atoms with Crippen LogP contribution in [0.15, 0.2) is 30.3 Å².